The largest absolute Gasteiger partial charge is 0.484 e. The van der Waals surface area contributed by atoms with Crippen molar-refractivity contribution in [3.8, 4) is 5.75 Å². The Morgan fingerprint density at radius 3 is 2.40 bits per heavy atom. The molecule has 0 saturated carbocycles. The number of ether oxygens (including phenoxy) is 1. The molecule has 0 N–H and O–H groups in total. The number of carbonyl (C=O) groups is 3. The van der Waals surface area contributed by atoms with Crippen LogP contribution in [0.25, 0.3) is 0 Å². The second-order valence-electron chi connectivity index (χ2n) is 7.28. The van der Waals surface area contributed by atoms with Crippen molar-refractivity contribution < 1.29 is 19.1 Å². The molecule has 1 fully saturated rings. The number of hydrogen-bond acceptors (Lipinski definition) is 5. The minimum absolute atomic E-state index is 0.0155. The maximum atomic E-state index is 12.8. The predicted molar refractivity (Wildman–Crippen MR) is 111 cm³/mol. The van der Waals surface area contributed by atoms with Crippen molar-refractivity contribution in [2.45, 2.75) is 6.42 Å². The van der Waals surface area contributed by atoms with Crippen LogP contribution < -0.4 is 4.74 Å². The number of nitrogens with zero attached hydrogens (tertiary/aromatic N) is 4. The molecule has 8 nitrogen and oxygen atoms in total. The van der Waals surface area contributed by atoms with E-state index < -0.39 is 0 Å². The molecule has 0 atom stereocenters. The van der Waals surface area contributed by atoms with Gasteiger partial charge >= 0.3 is 0 Å². The van der Waals surface area contributed by atoms with E-state index in [1.807, 2.05) is 18.2 Å². The zero-order chi connectivity index (χ0) is 21.5. The summed E-state index contributed by atoms with van der Waals surface area (Å²) in [4.78, 5) is 46.1. The molecule has 1 aromatic heterocycles. The van der Waals surface area contributed by atoms with E-state index in [9.17, 15) is 14.4 Å². The van der Waals surface area contributed by atoms with Crippen molar-refractivity contribution in [2.24, 2.45) is 0 Å². The van der Waals surface area contributed by atoms with E-state index in [1.165, 1.54) is 4.90 Å². The summed E-state index contributed by atoms with van der Waals surface area (Å²) in [5, 5.41) is 0. The standard InChI is InChI=1S/C22H26N4O4/c1-24(2)21(28)16-30-19-8-5-6-17(14-19)22(29)26-12-10-25(11-13-26)20(27)15-18-7-3-4-9-23-18/h3-9,14H,10-13,15-16H2,1-2H3. The van der Waals surface area contributed by atoms with Crippen molar-refractivity contribution in [2.75, 3.05) is 46.9 Å². The summed E-state index contributed by atoms with van der Waals surface area (Å²) in [6, 6.07) is 12.3. The average molecular weight is 410 g/mol. The minimum Gasteiger partial charge on any atom is -0.484 e. The van der Waals surface area contributed by atoms with Gasteiger partial charge in [0.15, 0.2) is 6.61 Å². The smallest absolute Gasteiger partial charge is 0.259 e. The number of hydrogen-bond donors (Lipinski definition) is 0. The maximum Gasteiger partial charge on any atom is 0.259 e. The highest BCUT2D eigenvalue weighted by Gasteiger charge is 2.25. The van der Waals surface area contributed by atoms with Gasteiger partial charge in [-0.2, -0.15) is 0 Å². The Hall–Kier alpha value is -3.42. The molecule has 2 aromatic rings. The van der Waals surface area contributed by atoms with Crippen LogP contribution in [0.5, 0.6) is 5.75 Å². The quantitative estimate of drug-likeness (QED) is 0.712. The summed E-state index contributed by atoms with van der Waals surface area (Å²) >= 11 is 0. The summed E-state index contributed by atoms with van der Waals surface area (Å²) in [6.07, 6.45) is 1.94. The van der Waals surface area contributed by atoms with E-state index in [2.05, 4.69) is 4.98 Å². The Balaban J connectivity index is 1.53. The Morgan fingerprint density at radius 2 is 1.73 bits per heavy atom. The monoisotopic (exact) mass is 410 g/mol. The van der Waals surface area contributed by atoms with Gasteiger partial charge in [-0.25, -0.2) is 0 Å². The maximum absolute atomic E-state index is 12.8. The number of aromatic nitrogens is 1. The van der Waals surface area contributed by atoms with Gasteiger partial charge in [0.1, 0.15) is 5.75 Å². The lowest BCUT2D eigenvalue weighted by atomic mass is 10.1. The zero-order valence-corrected chi connectivity index (χ0v) is 17.3. The first-order valence-corrected chi connectivity index (χ1v) is 9.84. The summed E-state index contributed by atoms with van der Waals surface area (Å²) < 4.78 is 5.49. The molecule has 8 heteroatoms. The van der Waals surface area contributed by atoms with Crippen LogP contribution in [0.2, 0.25) is 0 Å². The van der Waals surface area contributed by atoms with Crippen LogP contribution >= 0.6 is 0 Å². The van der Waals surface area contributed by atoms with Gasteiger partial charge in [0.2, 0.25) is 5.91 Å². The van der Waals surface area contributed by atoms with Gasteiger partial charge in [-0.15, -0.1) is 0 Å². The van der Waals surface area contributed by atoms with Gasteiger partial charge in [-0.05, 0) is 30.3 Å². The summed E-state index contributed by atoms with van der Waals surface area (Å²) in [6.45, 7) is 1.84. The van der Waals surface area contributed by atoms with Crippen LogP contribution in [0.4, 0.5) is 0 Å². The highest BCUT2D eigenvalue weighted by atomic mass is 16.5. The summed E-state index contributed by atoms with van der Waals surface area (Å²) in [7, 11) is 3.32. The van der Waals surface area contributed by atoms with Crippen LogP contribution in [0.15, 0.2) is 48.7 Å². The molecular weight excluding hydrogens is 384 g/mol. The Kier molecular flexibility index (Phi) is 7.00. The van der Waals surface area contributed by atoms with Crippen molar-refractivity contribution in [1.29, 1.82) is 0 Å². The third kappa shape index (κ3) is 5.56. The Bertz CT molecular complexity index is 893. The molecule has 1 aliphatic heterocycles. The van der Waals surface area contributed by atoms with Gasteiger partial charge in [0.05, 0.1) is 6.42 Å². The van der Waals surface area contributed by atoms with E-state index in [0.717, 1.165) is 5.69 Å². The summed E-state index contributed by atoms with van der Waals surface area (Å²) in [5.74, 6) is 0.219. The predicted octanol–water partition coefficient (Wildman–Crippen LogP) is 1.08. The third-order valence-electron chi connectivity index (χ3n) is 4.92. The normalized spacial score (nSPS) is 13.7. The molecule has 0 unspecified atom stereocenters. The van der Waals surface area contributed by atoms with E-state index in [4.69, 9.17) is 4.74 Å². The van der Waals surface area contributed by atoms with Gasteiger partial charge in [0, 0.05) is 57.7 Å². The van der Waals surface area contributed by atoms with Crippen molar-refractivity contribution >= 4 is 17.7 Å². The number of benzene rings is 1. The number of carbonyl (C=O) groups excluding carboxylic acids is 3. The molecule has 0 aliphatic carbocycles. The van der Waals surface area contributed by atoms with Crippen LogP contribution in [0.3, 0.4) is 0 Å². The molecular formula is C22H26N4O4. The SMILES string of the molecule is CN(C)C(=O)COc1cccc(C(=O)N2CCN(C(=O)Cc3ccccn3)CC2)c1. The molecule has 0 spiro atoms. The number of rotatable bonds is 6. The van der Waals surface area contributed by atoms with Gasteiger partial charge < -0.3 is 19.4 Å². The van der Waals surface area contributed by atoms with Gasteiger partial charge in [-0.1, -0.05) is 12.1 Å². The zero-order valence-electron chi connectivity index (χ0n) is 17.3. The molecule has 0 radical (unpaired) electrons. The topological polar surface area (TPSA) is 83.0 Å². The van der Waals surface area contributed by atoms with Gasteiger partial charge in [-0.3, -0.25) is 19.4 Å². The number of amides is 3. The first-order valence-electron chi connectivity index (χ1n) is 9.84. The molecule has 30 heavy (non-hydrogen) atoms. The molecule has 1 aromatic carbocycles. The third-order valence-corrected chi connectivity index (χ3v) is 4.92. The number of likely N-dealkylation sites (N-methyl/N-ethyl adjacent to an activating group) is 1. The molecule has 1 saturated heterocycles. The number of piperazine rings is 1. The van der Waals surface area contributed by atoms with E-state index in [0.29, 0.717) is 37.5 Å². The second kappa shape index (κ2) is 9.87. The van der Waals surface area contributed by atoms with E-state index in [1.54, 1.807) is 54.4 Å². The van der Waals surface area contributed by atoms with Gasteiger partial charge in [0.25, 0.3) is 11.8 Å². The Labute approximate surface area is 176 Å². The first-order chi connectivity index (χ1) is 14.4. The van der Waals surface area contributed by atoms with Crippen molar-refractivity contribution in [3.05, 3.63) is 59.9 Å². The fraction of sp³-hybridized carbons (Fsp3) is 0.364. The molecule has 2 heterocycles. The van der Waals surface area contributed by atoms with Crippen LogP contribution in [0, 0.1) is 0 Å². The molecule has 0 bridgehead atoms. The summed E-state index contributed by atoms with van der Waals surface area (Å²) in [5.41, 5.74) is 1.24. The van der Waals surface area contributed by atoms with Crippen LogP contribution in [-0.2, 0) is 16.0 Å². The minimum atomic E-state index is -0.154. The molecule has 158 valence electrons. The lowest BCUT2D eigenvalue weighted by Gasteiger charge is -2.35. The first kappa shape index (κ1) is 21.3. The highest BCUT2D eigenvalue weighted by molar-refractivity contribution is 5.94. The number of pyridine rings is 1. The van der Waals surface area contributed by atoms with Crippen LogP contribution in [0.1, 0.15) is 16.1 Å². The van der Waals surface area contributed by atoms with E-state index >= 15 is 0 Å². The lowest BCUT2D eigenvalue weighted by molar-refractivity contribution is -0.132. The molecule has 3 rings (SSSR count). The fourth-order valence-electron chi connectivity index (χ4n) is 3.10. The second-order valence-corrected chi connectivity index (χ2v) is 7.28. The highest BCUT2D eigenvalue weighted by Crippen LogP contribution is 2.16. The van der Waals surface area contributed by atoms with Crippen LogP contribution in [-0.4, -0.2) is 84.3 Å². The molecule has 1 aliphatic rings. The molecule has 3 amide bonds. The fourth-order valence-corrected chi connectivity index (χ4v) is 3.10. The van der Waals surface area contributed by atoms with Crippen molar-refractivity contribution in [1.82, 2.24) is 19.7 Å². The lowest BCUT2D eigenvalue weighted by Crippen LogP contribution is -2.51. The van der Waals surface area contributed by atoms with Crippen molar-refractivity contribution in [3.63, 3.8) is 0 Å². The van der Waals surface area contributed by atoms with E-state index in [-0.39, 0.29) is 30.7 Å². The average Bonchev–Trinajstić information content (AvgIpc) is 2.77. The Morgan fingerprint density at radius 1 is 1.00 bits per heavy atom.